The van der Waals surface area contributed by atoms with Crippen LogP contribution in [-0.2, 0) is 14.6 Å². The first kappa shape index (κ1) is 27.4. The van der Waals surface area contributed by atoms with Gasteiger partial charge in [0, 0.05) is 36.2 Å². The number of anilines is 1. The first-order valence-corrected chi connectivity index (χ1v) is 16.7. The number of carbonyl (C=O) groups excluding carboxylic acids is 1. The van der Waals surface area contributed by atoms with Crippen LogP contribution in [0.25, 0.3) is 21.0 Å². The predicted molar refractivity (Wildman–Crippen MR) is 159 cm³/mol. The van der Waals surface area contributed by atoms with Crippen molar-refractivity contribution in [1.29, 1.82) is 10.5 Å². The van der Waals surface area contributed by atoms with Crippen LogP contribution in [-0.4, -0.2) is 49.4 Å². The third kappa shape index (κ3) is 5.59. The van der Waals surface area contributed by atoms with E-state index < -0.39 is 15.4 Å². The Labute approximate surface area is 244 Å². The molecular formula is C31H31N5O3S2. The maximum absolute atomic E-state index is 13.5. The fourth-order valence-corrected chi connectivity index (χ4v) is 8.34. The van der Waals surface area contributed by atoms with Crippen LogP contribution in [0.4, 0.5) is 5.69 Å². The summed E-state index contributed by atoms with van der Waals surface area (Å²) in [5.41, 5.74) is 3.44. The van der Waals surface area contributed by atoms with E-state index in [1.807, 2.05) is 42.5 Å². The highest BCUT2D eigenvalue weighted by Crippen LogP contribution is 2.47. The number of nitriles is 2. The zero-order valence-corrected chi connectivity index (χ0v) is 24.3. The Hall–Kier alpha value is -3.73. The normalized spacial score (nSPS) is 22.7. The van der Waals surface area contributed by atoms with Gasteiger partial charge in [-0.1, -0.05) is 43.2 Å². The van der Waals surface area contributed by atoms with Crippen molar-refractivity contribution in [3.63, 3.8) is 0 Å². The van der Waals surface area contributed by atoms with Crippen molar-refractivity contribution < 1.29 is 13.2 Å². The van der Waals surface area contributed by atoms with E-state index in [1.54, 1.807) is 6.07 Å². The predicted octanol–water partition coefficient (Wildman–Crippen LogP) is 5.03. The molecule has 3 fully saturated rings. The molecular weight excluding hydrogens is 555 g/mol. The standard InChI is InChI=1S/C31H31N5O3S2/c32-19-22-5-1-2-6-24(22)30-34-27(25-7-3-4-8-26(25)29(37)35-31(20-33)13-14-31)28(40-30)21-9-11-23(12-10-21)36-15-17-41(38,39)18-16-36/h1-2,5-6,9-12,25-26H,3-4,7-8,13-18H2,(H,35,37)/t25-,26-/m1/s1. The smallest absolute Gasteiger partial charge is 0.225 e. The minimum atomic E-state index is -2.97. The summed E-state index contributed by atoms with van der Waals surface area (Å²) in [6.45, 7) is 0.956. The second-order valence-corrected chi connectivity index (χ2v) is 14.6. The molecule has 1 amide bonds. The minimum absolute atomic E-state index is 0.0675. The third-order valence-electron chi connectivity index (χ3n) is 8.55. The second kappa shape index (κ2) is 10.9. The zero-order chi connectivity index (χ0) is 28.6. The summed E-state index contributed by atoms with van der Waals surface area (Å²) < 4.78 is 23.8. The largest absolute Gasteiger partial charge is 0.369 e. The molecule has 0 radical (unpaired) electrons. The average molecular weight is 586 g/mol. The maximum Gasteiger partial charge on any atom is 0.225 e. The number of amides is 1. The summed E-state index contributed by atoms with van der Waals surface area (Å²) in [5, 5.41) is 23.1. The van der Waals surface area contributed by atoms with Gasteiger partial charge in [0.1, 0.15) is 10.5 Å². The van der Waals surface area contributed by atoms with Crippen LogP contribution in [0.2, 0.25) is 0 Å². The fourth-order valence-electron chi connectivity index (χ4n) is 5.96. The molecule has 3 aliphatic rings. The number of hydrogen-bond acceptors (Lipinski definition) is 8. The van der Waals surface area contributed by atoms with Gasteiger partial charge in [0.05, 0.1) is 39.8 Å². The molecule has 2 heterocycles. The van der Waals surface area contributed by atoms with Crippen LogP contribution in [0.1, 0.15) is 55.7 Å². The van der Waals surface area contributed by atoms with E-state index in [4.69, 9.17) is 4.98 Å². The first-order chi connectivity index (χ1) is 19.8. The van der Waals surface area contributed by atoms with Gasteiger partial charge < -0.3 is 10.2 Å². The van der Waals surface area contributed by atoms with E-state index in [0.717, 1.165) is 58.1 Å². The molecule has 41 heavy (non-hydrogen) atoms. The lowest BCUT2D eigenvalue weighted by Crippen LogP contribution is -2.42. The van der Waals surface area contributed by atoms with Gasteiger partial charge in [-0.05, 0) is 49.4 Å². The van der Waals surface area contributed by atoms with Crippen LogP contribution in [0, 0.1) is 28.6 Å². The van der Waals surface area contributed by atoms with Gasteiger partial charge >= 0.3 is 0 Å². The molecule has 0 spiro atoms. The number of nitrogens with one attached hydrogen (secondary N) is 1. The summed E-state index contributed by atoms with van der Waals surface area (Å²) in [4.78, 5) is 21.7. The van der Waals surface area contributed by atoms with E-state index in [-0.39, 0.29) is 29.2 Å². The van der Waals surface area contributed by atoms with Gasteiger partial charge in [0.2, 0.25) is 5.91 Å². The molecule has 1 aromatic heterocycles. The third-order valence-corrected chi connectivity index (χ3v) is 11.3. The molecule has 2 aliphatic carbocycles. The van der Waals surface area contributed by atoms with Crippen molar-refractivity contribution in [2.45, 2.75) is 50.0 Å². The molecule has 2 aromatic carbocycles. The van der Waals surface area contributed by atoms with Crippen LogP contribution >= 0.6 is 11.3 Å². The maximum atomic E-state index is 13.5. The Morgan fingerprint density at radius 3 is 2.41 bits per heavy atom. The molecule has 2 saturated carbocycles. The van der Waals surface area contributed by atoms with Gasteiger partial charge in [0.25, 0.3) is 0 Å². The van der Waals surface area contributed by atoms with Crippen molar-refractivity contribution >= 4 is 32.8 Å². The van der Waals surface area contributed by atoms with E-state index in [9.17, 15) is 23.7 Å². The molecule has 0 bridgehead atoms. The average Bonchev–Trinajstić information content (AvgIpc) is 3.63. The quantitative estimate of drug-likeness (QED) is 0.430. The molecule has 3 aromatic rings. The molecule has 1 saturated heterocycles. The van der Waals surface area contributed by atoms with Crippen LogP contribution in [0.3, 0.4) is 0 Å². The number of aromatic nitrogens is 1. The zero-order valence-electron chi connectivity index (χ0n) is 22.7. The van der Waals surface area contributed by atoms with Crippen LogP contribution in [0.15, 0.2) is 48.5 Å². The molecule has 2 atom stereocenters. The van der Waals surface area contributed by atoms with Crippen molar-refractivity contribution in [2.75, 3.05) is 29.5 Å². The van der Waals surface area contributed by atoms with Gasteiger partial charge in [0.15, 0.2) is 9.84 Å². The molecule has 210 valence electrons. The number of sulfone groups is 1. The lowest BCUT2D eigenvalue weighted by molar-refractivity contribution is -0.127. The highest BCUT2D eigenvalue weighted by Gasteiger charge is 2.47. The van der Waals surface area contributed by atoms with Crippen molar-refractivity contribution in [3.8, 4) is 33.2 Å². The lowest BCUT2D eigenvalue weighted by Gasteiger charge is -2.31. The van der Waals surface area contributed by atoms with Crippen molar-refractivity contribution in [1.82, 2.24) is 10.3 Å². The summed E-state index contributed by atoms with van der Waals surface area (Å²) >= 11 is 1.53. The Kier molecular flexibility index (Phi) is 7.31. The number of rotatable bonds is 6. The number of carbonyl (C=O) groups is 1. The van der Waals surface area contributed by atoms with E-state index in [2.05, 4.69) is 22.4 Å². The van der Waals surface area contributed by atoms with Gasteiger partial charge in [-0.2, -0.15) is 10.5 Å². The van der Waals surface area contributed by atoms with Gasteiger partial charge in [-0.25, -0.2) is 13.4 Å². The molecule has 10 heteroatoms. The Morgan fingerprint density at radius 2 is 1.73 bits per heavy atom. The number of thiazole rings is 1. The fraction of sp³-hybridized carbons (Fsp3) is 0.419. The molecule has 1 aliphatic heterocycles. The van der Waals surface area contributed by atoms with E-state index in [0.29, 0.717) is 31.5 Å². The SMILES string of the molecule is N#Cc1ccccc1-c1nc([C@@H]2CCCC[C@H]2C(=O)NC2(C#N)CC2)c(-c2ccc(N3CCS(=O)(=O)CC3)cc2)s1. The van der Waals surface area contributed by atoms with E-state index in [1.165, 1.54) is 11.3 Å². The number of hydrogen-bond donors (Lipinski definition) is 1. The van der Waals surface area contributed by atoms with Gasteiger partial charge in [-0.3, -0.25) is 4.79 Å². The number of nitrogens with zero attached hydrogens (tertiary/aromatic N) is 4. The molecule has 0 unspecified atom stereocenters. The highest BCUT2D eigenvalue weighted by molar-refractivity contribution is 7.91. The summed E-state index contributed by atoms with van der Waals surface area (Å²) in [7, 11) is -2.97. The topological polar surface area (TPSA) is 127 Å². The Bertz CT molecular complexity index is 1650. The van der Waals surface area contributed by atoms with E-state index >= 15 is 0 Å². The molecule has 1 N–H and O–H groups in total. The molecule has 6 rings (SSSR count). The Morgan fingerprint density at radius 1 is 1.02 bits per heavy atom. The number of benzene rings is 2. The summed E-state index contributed by atoms with van der Waals surface area (Å²) in [5.74, 6) is -0.119. The van der Waals surface area contributed by atoms with Crippen molar-refractivity contribution in [3.05, 3.63) is 59.8 Å². The monoisotopic (exact) mass is 585 g/mol. The summed E-state index contributed by atoms with van der Waals surface area (Å²) in [6, 6.07) is 20.1. The lowest BCUT2D eigenvalue weighted by atomic mass is 9.76. The second-order valence-electron chi connectivity index (χ2n) is 11.3. The molecule has 8 nitrogen and oxygen atoms in total. The Balaban J connectivity index is 1.37. The highest BCUT2D eigenvalue weighted by atomic mass is 32.2. The summed E-state index contributed by atoms with van der Waals surface area (Å²) in [6.07, 6.45) is 4.91. The van der Waals surface area contributed by atoms with Crippen molar-refractivity contribution in [2.24, 2.45) is 5.92 Å². The first-order valence-electron chi connectivity index (χ1n) is 14.1. The van der Waals surface area contributed by atoms with Gasteiger partial charge in [-0.15, -0.1) is 11.3 Å². The van der Waals surface area contributed by atoms with Crippen LogP contribution in [0.5, 0.6) is 0 Å². The minimum Gasteiger partial charge on any atom is -0.369 e. The van der Waals surface area contributed by atoms with Crippen LogP contribution < -0.4 is 10.2 Å².